The van der Waals surface area contributed by atoms with Crippen LogP contribution in [0.4, 0.5) is 0 Å². The van der Waals surface area contributed by atoms with E-state index in [-0.39, 0.29) is 11.7 Å². The molecule has 0 spiro atoms. The predicted molar refractivity (Wildman–Crippen MR) is 64.6 cm³/mol. The van der Waals surface area contributed by atoms with Gasteiger partial charge in [-0.1, -0.05) is 36.2 Å². The van der Waals surface area contributed by atoms with Crippen LogP contribution in [0.15, 0.2) is 18.2 Å². The molecule has 82 valence electrons. The number of carbonyl (C=O) groups excluding carboxylic acids is 1. The molecule has 1 nitrogen and oxygen atoms in total. The van der Waals surface area contributed by atoms with Crippen molar-refractivity contribution in [3.63, 3.8) is 0 Å². The maximum absolute atomic E-state index is 10.9. The molecule has 1 rings (SSSR count). The Morgan fingerprint density at radius 1 is 1.33 bits per heavy atom. The van der Waals surface area contributed by atoms with Crippen molar-refractivity contribution >= 4 is 29.0 Å². The van der Waals surface area contributed by atoms with E-state index in [0.717, 1.165) is 12.0 Å². The molecule has 1 unspecified atom stereocenters. The summed E-state index contributed by atoms with van der Waals surface area (Å²) in [5, 5.41) is 1.36. The molecule has 0 aliphatic carbocycles. The lowest BCUT2D eigenvalue weighted by Crippen LogP contribution is -2.05. The van der Waals surface area contributed by atoms with Gasteiger partial charge in [-0.3, -0.25) is 0 Å². The van der Waals surface area contributed by atoms with E-state index >= 15 is 0 Å². The van der Waals surface area contributed by atoms with Gasteiger partial charge in [0.1, 0.15) is 5.78 Å². The van der Waals surface area contributed by atoms with Gasteiger partial charge in [-0.2, -0.15) is 0 Å². The average molecular weight is 245 g/mol. The molecule has 0 amide bonds. The molecule has 0 bridgehead atoms. The first kappa shape index (κ1) is 12.5. The molecule has 0 aliphatic rings. The van der Waals surface area contributed by atoms with Crippen molar-refractivity contribution in [2.45, 2.75) is 26.7 Å². The number of Topliss-reactive ketones (excluding diaryl/α,β-unsaturated/α-hetero) is 1. The lowest BCUT2D eigenvalue weighted by molar-refractivity contribution is -0.117. The van der Waals surface area contributed by atoms with Crippen molar-refractivity contribution in [1.29, 1.82) is 0 Å². The van der Waals surface area contributed by atoms with E-state index in [4.69, 9.17) is 23.2 Å². The van der Waals surface area contributed by atoms with E-state index in [9.17, 15) is 4.79 Å². The summed E-state index contributed by atoms with van der Waals surface area (Å²) in [4.78, 5) is 10.9. The summed E-state index contributed by atoms with van der Waals surface area (Å²) >= 11 is 12.1. The summed E-state index contributed by atoms with van der Waals surface area (Å²) in [6.45, 7) is 3.63. The van der Waals surface area contributed by atoms with Crippen LogP contribution in [0.3, 0.4) is 0 Å². The monoisotopic (exact) mass is 244 g/mol. The molecule has 0 saturated heterocycles. The van der Waals surface area contributed by atoms with Crippen LogP contribution in [0.25, 0.3) is 0 Å². The molecule has 0 aromatic heterocycles. The number of halogens is 2. The molecule has 1 atom stereocenters. The third-order valence-corrected chi connectivity index (χ3v) is 2.96. The number of benzene rings is 1. The van der Waals surface area contributed by atoms with Crippen molar-refractivity contribution < 1.29 is 4.79 Å². The van der Waals surface area contributed by atoms with Crippen LogP contribution in [0, 0.1) is 5.92 Å². The number of rotatable bonds is 4. The predicted octanol–water partition coefficient (Wildman–Crippen LogP) is 4.15. The van der Waals surface area contributed by atoms with Crippen molar-refractivity contribution in [3.05, 3.63) is 33.8 Å². The van der Waals surface area contributed by atoms with E-state index in [1.54, 1.807) is 6.92 Å². The molecule has 1 aromatic carbocycles. The highest BCUT2D eigenvalue weighted by atomic mass is 35.5. The van der Waals surface area contributed by atoms with Crippen molar-refractivity contribution in [1.82, 2.24) is 0 Å². The largest absolute Gasteiger partial charge is 0.300 e. The zero-order chi connectivity index (χ0) is 11.4. The minimum atomic E-state index is 0.200. The summed E-state index contributed by atoms with van der Waals surface area (Å²) < 4.78 is 0. The fourth-order valence-electron chi connectivity index (χ4n) is 1.64. The first-order chi connectivity index (χ1) is 7.00. The highest BCUT2D eigenvalue weighted by Gasteiger charge is 2.11. The molecule has 0 fully saturated rings. The van der Waals surface area contributed by atoms with E-state index in [1.807, 2.05) is 25.1 Å². The summed E-state index contributed by atoms with van der Waals surface area (Å²) in [6.07, 6.45) is 1.32. The third-order valence-electron chi connectivity index (χ3n) is 2.25. The maximum atomic E-state index is 10.9. The first-order valence-electron chi connectivity index (χ1n) is 4.93. The highest BCUT2D eigenvalue weighted by molar-refractivity contribution is 6.35. The fourth-order valence-corrected chi connectivity index (χ4v) is 2.19. The van der Waals surface area contributed by atoms with Crippen molar-refractivity contribution in [3.8, 4) is 0 Å². The minimum absolute atomic E-state index is 0.200. The molecular formula is C12H14Cl2O. The minimum Gasteiger partial charge on any atom is -0.300 e. The normalized spacial score (nSPS) is 12.5. The molecule has 3 heteroatoms. The second kappa shape index (κ2) is 5.53. The molecule has 0 radical (unpaired) electrons. The van der Waals surface area contributed by atoms with Gasteiger partial charge in [0.2, 0.25) is 0 Å². The summed E-state index contributed by atoms with van der Waals surface area (Å²) in [6, 6.07) is 5.47. The van der Waals surface area contributed by atoms with Crippen LogP contribution in [-0.4, -0.2) is 5.78 Å². The zero-order valence-corrected chi connectivity index (χ0v) is 10.4. The lowest BCUT2D eigenvalue weighted by Gasteiger charge is -2.12. The van der Waals surface area contributed by atoms with Crippen LogP contribution < -0.4 is 0 Å². The van der Waals surface area contributed by atoms with Gasteiger partial charge in [-0.05, 0) is 37.0 Å². The quantitative estimate of drug-likeness (QED) is 0.778. The van der Waals surface area contributed by atoms with E-state index < -0.39 is 0 Å². The second-order valence-corrected chi connectivity index (χ2v) is 4.73. The average Bonchev–Trinajstić information content (AvgIpc) is 2.10. The molecule has 0 heterocycles. The molecule has 1 aromatic rings. The molecule has 15 heavy (non-hydrogen) atoms. The van der Waals surface area contributed by atoms with Gasteiger partial charge < -0.3 is 4.79 Å². The van der Waals surface area contributed by atoms with Gasteiger partial charge in [0.05, 0.1) is 0 Å². The van der Waals surface area contributed by atoms with Crippen LogP contribution in [0.2, 0.25) is 10.0 Å². The van der Waals surface area contributed by atoms with Gasteiger partial charge in [-0.15, -0.1) is 0 Å². The Hall–Kier alpha value is -0.530. The summed E-state index contributed by atoms with van der Waals surface area (Å²) in [7, 11) is 0. The number of ketones is 1. The Morgan fingerprint density at radius 3 is 2.33 bits per heavy atom. The van der Waals surface area contributed by atoms with Gasteiger partial charge in [0, 0.05) is 16.5 Å². The number of hydrogen-bond donors (Lipinski definition) is 0. The molecule has 0 N–H and O–H groups in total. The van der Waals surface area contributed by atoms with Crippen LogP contribution in [0.1, 0.15) is 25.8 Å². The van der Waals surface area contributed by atoms with Crippen LogP contribution in [-0.2, 0) is 11.2 Å². The summed E-state index contributed by atoms with van der Waals surface area (Å²) in [5.74, 6) is 0.477. The fraction of sp³-hybridized carbons (Fsp3) is 0.417. The van der Waals surface area contributed by atoms with Gasteiger partial charge >= 0.3 is 0 Å². The van der Waals surface area contributed by atoms with Gasteiger partial charge in [0.25, 0.3) is 0 Å². The zero-order valence-electron chi connectivity index (χ0n) is 8.89. The Labute approximate surface area is 100 Å². The smallest absolute Gasteiger partial charge is 0.130 e. The van der Waals surface area contributed by atoms with Crippen LogP contribution >= 0.6 is 23.2 Å². The molecular weight excluding hydrogens is 231 g/mol. The Morgan fingerprint density at radius 2 is 1.87 bits per heavy atom. The van der Waals surface area contributed by atoms with Crippen molar-refractivity contribution in [2.75, 3.05) is 0 Å². The van der Waals surface area contributed by atoms with Gasteiger partial charge in [-0.25, -0.2) is 0 Å². The van der Waals surface area contributed by atoms with E-state index in [0.29, 0.717) is 16.5 Å². The first-order valence-corrected chi connectivity index (χ1v) is 5.68. The maximum Gasteiger partial charge on any atom is 0.130 e. The van der Waals surface area contributed by atoms with Gasteiger partial charge in [0.15, 0.2) is 0 Å². The SMILES string of the molecule is CC(=O)CC(C)Cc1c(Cl)cccc1Cl. The third kappa shape index (κ3) is 3.84. The highest BCUT2D eigenvalue weighted by Crippen LogP contribution is 2.27. The number of hydrogen-bond acceptors (Lipinski definition) is 1. The Balaban J connectivity index is 2.76. The Kier molecular flexibility index (Phi) is 4.62. The molecule has 0 saturated carbocycles. The van der Waals surface area contributed by atoms with Crippen molar-refractivity contribution in [2.24, 2.45) is 5.92 Å². The van der Waals surface area contributed by atoms with Crippen LogP contribution in [0.5, 0.6) is 0 Å². The number of carbonyl (C=O) groups is 1. The topological polar surface area (TPSA) is 17.1 Å². The van der Waals surface area contributed by atoms with E-state index in [1.165, 1.54) is 0 Å². The summed E-state index contributed by atoms with van der Waals surface area (Å²) in [5.41, 5.74) is 0.939. The molecule has 0 aliphatic heterocycles. The lowest BCUT2D eigenvalue weighted by atomic mass is 9.96. The Bertz CT molecular complexity index is 340. The standard InChI is InChI=1S/C12H14Cl2O/c1-8(6-9(2)15)7-10-11(13)4-3-5-12(10)14/h3-5,8H,6-7H2,1-2H3. The van der Waals surface area contributed by atoms with E-state index in [2.05, 4.69) is 0 Å². The second-order valence-electron chi connectivity index (χ2n) is 3.92.